The normalized spacial score (nSPS) is 18.2. The number of aromatic amines is 1. The molecule has 0 radical (unpaired) electrons. The Morgan fingerprint density at radius 3 is 3.14 bits per heavy atom. The van der Waals surface area contributed by atoms with Crippen molar-refractivity contribution in [1.29, 1.82) is 0 Å². The fourth-order valence-corrected chi connectivity index (χ4v) is 3.15. The van der Waals surface area contributed by atoms with Crippen LogP contribution in [0.2, 0.25) is 0 Å². The Morgan fingerprint density at radius 2 is 2.27 bits per heavy atom. The lowest BCUT2D eigenvalue weighted by Crippen LogP contribution is -2.30. The molecule has 6 nitrogen and oxygen atoms in total. The number of nitrogens with one attached hydrogen (secondary N) is 1. The lowest BCUT2D eigenvalue weighted by atomic mass is 10.1. The number of nitrogens with zero attached hydrogens (tertiary/aromatic N) is 4. The van der Waals surface area contributed by atoms with E-state index in [1.165, 1.54) is 0 Å². The van der Waals surface area contributed by atoms with Crippen LogP contribution in [0, 0.1) is 0 Å². The number of rotatable bonds is 3. The summed E-state index contributed by atoms with van der Waals surface area (Å²) >= 11 is 0. The molecule has 1 aliphatic heterocycles. The Kier molecular flexibility index (Phi) is 3.14. The number of aromatic nitrogens is 4. The molecule has 0 spiro atoms. The van der Waals surface area contributed by atoms with Crippen molar-refractivity contribution in [2.75, 3.05) is 13.1 Å². The van der Waals surface area contributed by atoms with Gasteiger partial charge in [0.05, 0.1) is 18.7 Å². The maximum Gasteiger partial charge on any atom is 0.227 e. The molecule has 0 bridgehead atoms. The van der Waals surface area contributed by atoms with Gasteiger partial charge in [-0.25, -0.2) is 4.68 Å². The van der Waals surface area contributed by atoms with Crippen LogP contribution in [-0.4, -0.2) is 43.9 Å². The van der Waals surface area contributed by atoms with Gasteiger partial charge in [-0.15, -0.1) is 5.10 Å². The molecule has 6 heteroatoms. The van der Waals surface area contributed by atoms with E-state index in [0.717, 1.165) is 29.4 Å². The molecule has 1 aromatic carbocycles. The number of likely N-dealkylation sites (tertiary alicyclic amines) is 1. The van der Waals surface area contributed by atoms with Crippen LogP contribution in [0.3, 0.4) is 0 Å². The highest BCUT2D eigenvalue weighted by atomic mass is 16.2. The number of fused-ring (bicyclic) bond motifs is 1. The van der Waals surface area contributed by atoms with E-state index in [1.807, 2.05) is 40.2 Å². The van der Waals surface area contributed by atoms with E-state index < -0.39 is 0 Å². The van der Waals surface area contributed by atoms with Crippen molar-refractivity contribution in [2.24, 2.45) is 0 Å². The van der Waals surface area contributed by atoms with Gasteiger partial charge in [0, 0.05) is 36.4 Å². The summed E-state index contributed by atoms with van der Waals surface area (Å²) in [5.74, 6) is 0.173. The van der Waals surface area contributed by atoms with E-state index in [1.54, 1.807) is 6.20 Å². The third-order valence-corrected chi connectivity index (χ3v) is 4.35. The second-order valence-electron chi connectivity index (χ2n) is 5.70. The molecular weight excluding hydrogens is 278 g/mol. The largest absolute Gasteiger partial charge is 0.361 e. The molecule has 1 atom stereocenters. The summed E-state index contributed by atoms with van der Waals surface area (Å²) in [6.45, 7) is 1.50. The van der Waals surface area contributed by atoms with E-state index in [4.69, 9.17) is 0 Å². The Balaban J connectivity index is 1.47. The van der Waals surface area contributed by atoms with Crippen LogP contribution in [-0.2, 0) is 11.2 Å². The van der Waals surface area contributed by atoms with Gasteiger partial charge in [0.25, 0.3) is 0 Å². The van der Waals surface area contributed by atoms with E-state index >= 15 is 0 Å². The first-order valence-corrected chi connectivity index (χ1v) is 7.50. The summed E-state index contributed by atoms with van der Waals surface area (Å²) in [6, 6.07) is 8.32. The Hall–Kier alpha value is -2.63. The molecule has 2 aromatic heterocycles. The summed E-state index contributed by atoms with van der Waals surface area (Å²) in [5, 5.41) is 9.00. The van der Waals surface area contributed by atoms with Crippen molar-refractivity contribution in [3.8, 4) is 0 Å². The van der Waals surface area contributed by atoms with E-state index in [9.17, 15) is 4.79 Å². The quantitative estimate of drug-likeness (QED) is 0.801. The lowest BCUT2D eigenvalue weighted by molar-refractivity contribution is -0.129. The zero-order valence-electron chi connectivity index (χ0n) is 12.1. The second kappa shape index (κ2) is 5.29. The third-order valence-electron chi connectivity index (χ3n) is 4.35. The zero-order valence-corrected chi connectivity index (χ0v) is 12.1. The van der Waals surface area contributed by atoms with E-state index in [2.05, 4.69) is 21.4 Å². The molecule has 3 heterocycles. The number of para-hydroxylation sites is 1. The van der Waals surface area contributed by atoms with Crippen molar-refractivity contribution in [3.05, 3.63) is 48.4 Å². The summed E-state index contributed by atoms with van der Waals surface area (Å²) in [5.41, 5.74) is 2.14. The van der Waals surface area contributed by atoms with Crippen LogP contribution in [0.5, 0.6) is 0 Å². The van der Waals surface area contributed by atoms with Crippen molar-refractivity contribution in [3.63, 3.8) is 0 Å². The molecular formula is C16H17N5O. The molecule has 1 N–H and O–H groups in total. The molecule has 1 saturated heterocycles. The van der Waals surface area contributed by atoms with Gasteiger partial charge in [-0.3, -0.25) is 4.79 Å². The van der Waals surface area contributed by atoms with Crippen LogP contribution < -0.4 is 0 Å². The van der Waals surface area contributed by atoms with Gasteiger partial charge in [-0.2, -0.15) is 0 Å². The lowest BCUT2D eigenvalue weighted by Gasteiger charge is -2.16. The summed E-state index contributed by atoms with van der Waals surface area (Å²) in [4.78, 5) is 17.7. The number of carbonyl (C=O) groups is 1. The number of benzene rings is 1. The van der Waals surface area contributed by atoms with Gasteiger partial charge in [-0.1, -0.05) is 23.4 Å². The van der Waals surface area contributed by atoms with Crippen LogP contribution >= 0.6 is 0 Å². The minimum Gasteiger partial charge on any atom is -0.361 e. The molecule has 0 aliphatic carbocycles. The van der Waals surface area contributed by atoms with Crippen molar-refractivity contribution in [1.82, 2.24) is 24.9 Å². The van der Waals surface area contributed by atoms with Gasteiger partial charge < -0.3 is 9.88 Å². The van der Waals surface area contributed by atoms with Crippen LogP contribution in [0.25, 0.3) is 10.9 Å². The summed E-state index contributed by atoms with van der Waals surface area (Å²) < 4.78 is 1.85. The van der Waals surface area contributed by atoms with Crippen molar-refractivity contribution < 1.29 is 4.79 Å². The monoisotopic (exact) mass is 295 g/mol. The number of carbonyl (C=O) groups excluding carboxylic acids is 1. The number of amides is 1. The molecule has 0 saturated carbocycles. The average molecular weight is 295 g/mol. The predicted octanol–water partition coefficient (Wildman–Crippen LogP) is 1.78. The van der Waals surface area contributed by atoms with Crippen LogP contribution in [0.1, 0.15) is 18.0 Å². The molecule has 112 valence electrons. The van der Waals surface area contributed by atoms with E-state index in [0.29, 0.717) is 13.0 Å². The maximum absolute atomic E-state index is 12.5. The number of H-pyrrole nitrogens is 1. The maximum atomic E-state index is 12.5. The van der Waals surface area contributed by atoms with E-state index in [-0.39, 0.29) is 11.9 Å². The van der Waals surface area contributed by atoms with Gasteiger partial charge in [0.1, 0.15) is 0 Å². The van der Waals surface area contributed by atoms with Crippen LogP contribution in [0.15, 0.2) is 42.9 Å². The summed E-state index contributed by atoms with van der Waals surface area (Å²) in [6.07, 6.45) is 6.85. The molecule has 3 aromatic rings. The molecule has 1 fully saturated rings. The highest BCUT2D eigenvalue weighted by Crippen LogP contribution is 2.23. The highest BCUT2D eigenvalue weighted by molar-refractivity contribution is 5.88. The van der Waals surface area contributed by atoms with Gasteiger partial charge in [0.2, 0.25) is 5.91 Å². The van der Waals surface area contributed by atoms with Gasteiger partial charge >= 0.3 is 0 Å². The second-order valence-corrected chi connectivity index (χ2v) is 5.70. The zero-order chi connectivity index (χ0) is 14.9. The minimum atomic E-state index is 0.173. The first kappa shape index (κ1) is 13.1. The first-order valence-electron chi connectivity index (χ1n) is 7.50. The topological polar surface area (TPSA) is 66.8 Å². The molecule has 1 amide bonds. The molecule has 22 heavy (non-hydrogen) atoms. The molecule has 4 rings (SSSR count). The Labute approximate surface area is 127 Å². The number of hydrogen-bond acceptors (Lipinski definition) is 3. The Bertz CT molecular complexity index is 792. The highest BCUT2D eigenvalue weighted by Gasteiger charge is 2.28. The first-order chi connectivity index (χ1) is 10.8. The fourth-order valence-electron chi connectivity index (χ4n) is 3.15. The third kappa shape index (κ3) is 2.26. The molecule has 0 unspecified atom stereocenters. The SMILES string of the molecule is O=C(Cc1c[nH]c2ccccc12)N1CC[C@H](n2ccnn2)C1. The smallest absolute Gasteiger partial charge is 0.227 e. The predicted molar refractivity (Wildman–Crippen MR) is 82.3 cm³/mol. The van der Waals surface area contributed by atoms with Gasteiger partial charge in [0.15, 0.2) is 0 Å². The standard InChI is InChI=1S/C16H17N5O/c22-16(9-12-10-17-15-4-2-1-3-14(12)15)20-7-5-13(11-20)21-8-6-18-19-21/h1-4,6,8,10,13,17H,5,7,9,11H2/t13-/m0/s1. The van der Waals surface area contributed by atoms with Gasteiger partial charge in [-0.05, 0) is 18.1 Å². The van der Waals surface area contributed by atoms with Crippen LogP contribution in [0.4, 0.5) is 0 Å². The Morgan fingerprint density at radius 1 is 1.36 bits per heavy atom. The van der Waals surface area contributed by atoms with Crippen molar-refractivity contribution in [2.45, 2.75) is 18.9 Å². The minimum absolute atomic E-state index is 0.173. The number of hydrogen-bond donors (Lipinski definition) is 1. The van der Waals surface area contributed by atoms with Crippen molar-refractivity contribution >= 4 is 16.8 Å². The average Bonchev–Trinajstić information content (AvgIpc) is 3.28. The fraction of sp³-hybridized carbons (Fsp3) is 0.312. The molecule has 1 aliphatic rings. The summed E-state index contributed by atoms with van der Waals surface area (Å²) in [7, 11) is 0.